The molecule has 1 aromatic carbocycles. The quantitative estimate of drug-likeness (QED) is 0.308. The summed E-state index contributed by atoms with van der Waals surface area (Å²) < 4.78 is 38.6. The van der Waals surface area contributed by atoms with E-state index in [1.165, 1.54) is 0 Å². The Hall–Kier alpha value is -3.57. The fourth-order valence-electron chi connectivity index (χ4n) is 6.90. The SMILES string of the molecule is Cc1cnnc(C)c1[C@@H](C)Oc1ccc2c(c1)c(-c1ccc(N3CC4(CCS(=O)(=O)C4)C3)nc1)nn2C1CCCCO1. The molecule has 0 aliphatic carbocycles. The van der Waals surface area contributed by atoms with Crippen molar-refractivity contribution in [2.24, 2.45) is 5.41 Å². The molecule has 0 bridgehead atoms. The lowest BCUT2D eigenvalue weighted by Crippen LogP contribution is -2.57. The van der Waals surface area contributed by atoms with E-state index in [0.717, 1.165) is 95.9 Å². The molecule has 11 heteroatoms. The van der Waals surface area contributed by atoms with Gasteiger partial charge in [-0.05, 0) is 82.3 Å². The summed E-state index contributed by atoms with van der Waals surface area (Å²) in [5.74, 6) is 2.21. The van der Waals surface area contributed by atoms with E-state index in [-0.39, 0.29) is 17.7 Å². The van der Waals surface area contributed by atoms with Crippen LogP contribution in [0.1, 0.15) is 61.8 Å². The maximum Gasteiger partial charge on any atom is 0.151 e. The number of nitrogens with zero attached hydrogens (tertiary/aromatic N) is 6. The molecule has 3 aromatic heterocycles. The summed E-state index contributed by atoms with van der Waals surface area (Å²) in [6.07, 6.45) is 7.16. The number of sulfone groups is 1. The van der Waals surface area contributed by atoms with E-state index in [1.54, 1.807) is 6.20 Å². The summed E-state index contributed by atoms with van der Waals surface area (Å²) in [6.45, 7) is 8.22. The van der Waals surface area contributed by atoms with E-state index in [4.69, 9.17) is 19.6 Å². The first-order chi connectivity index (χ1) is 20.2. The molecule has 4 aromatic rings. The third kappa shape index (κ3) is 4.92. The number of ether oxygens (including phenoxy) is 2. The first kappa shape index (κ1) is 27.3. The van der Waals surface area contributed by atoms with E-state index in [1.807, 2.05) is 43.8 Å². The van der Waals surface area contributed by atoms with Gasteiger partial charge in [-0.1, -0.05) is 0 Å². The highest BCUT2D eigenvalue weighted by molar-refractivity contribution is 7.91. The second-order valence-corrected chi connectivity index (χ2v) is 14.4. The number of hydrogen-bond donors (Lipinski definition) is 0. The van der Waals surface area contributed by atoms with Gasteiger partial charge in [0.15, 0.2) is 16.1 Å². The summed E-state index contributed by atoms with van der Waals surface area (Å²) in [4.78, 5) is 6.95. The lowest BCUT2D eigenvalue weighted by Gasteiger charge is -2.48. The Balaban J connectivity index is 1.19. The van der Waals surface area contributed by atoms with E-state index in [9.17, 15) is 8.42 Å². The summed E-state index contributed by atoms with van der Waals surface area (Å²) in [5, 5.41) is 14.3. The molecule has 0 saturated carbocycles. The molecule has 1 spiro atoms. The van der Waals surface area contributed by atoms with Gasteiger partial charge in [0.1, 0.15) is 23.4 Å². The van der Waals surface area contributed by atoms with Gasteiger partial charge < -0.3 is 14.4 Å². The topological polar surface area (TPSA) is 112 Å². The molecule has 10 nitrogen and oxygen atoms in total. The highest BCUT2D eigenvalue weighted by atomic mass is 32.2. The molecular formula is C31H36N6O4S. The van der Waals surface area contributed by atoms with Crippen molar-refractivity contribution >= 4 is 26.6 Å². The molecule has 3 fully saturated rings. The number of aryl methyl sites for hydroxylation is 2. The second-order valence-electron chi connectivity index (χ2n) is 12.2. The highest BCUT2D eigenvalue weighted by Gasteiger charge is 2.50. The van der Waals surface area contributed by atoms with Crippen molar-refractivity contribution in [1.82, 2.24) is 25.0 Å². The van der Waals surface area contributed by atoms with Gasteiger partial charge in [-0.15, -0.1) is 0 Å². The Kier molecular flexibility index (Phi) is 6.69. The zero-order chi connectivity index (χ0) is 29.1. The monoisotopic (exact) mass is 588 g/mol. The number of rotatable bonds is 6. The van der Waals surface area contributed by atoms with E-state index < -0.39 is 9.84 Å². The van der Waals surface area contributed by atoms with Crippen molar-refractivity contribution < 1.29 is 17.9 Å². The van der Waals surface area contributed by atoms with Gasteiger partial charge >= 0.3 is 0 Å². The zero-order valence-electron chi connectivity index (χ0n) is 24.3. The van der Waals surface area contributed by atoms with Gasteiger partial charge in [0.2, 0.25) is 0 Å². The molecule has 3 aliphatic heterocycles. The van der Waals surface area contributed by atoms with Crippen LogP contribution in [-0.2, 0) is 14.6 Å². The molecule has 0 amide bonds. The number of pyridine rings is 1. The molecule has 0 radical (unpaired) electrons. The van der Waals surface area contributed by atoms with Gasteiger partial charge in [-0.25, -0.2) is 18.1 Å². The Labute approximate surface area is 246 Å². The smallest absolute Gasteiger partial charge is 0.151 e. The number of aromatic nitrogens is 5. The van der Waals surface area contributed by atoms with Crippen LogP contribution in [0.3, 0.4) is 0 Å². The Morgan fingerprint density at radius 2 is 1.98 bits per heavy atom. The van der Waals surface area contributed by atoms with Crippen LogP contribution in [0.25, 0.3) is 22.2 Å². The number of benzene rings is 1. The predicted octanol–water partition coefficient (Wildman–Crippen LogP) is 4.97. The Morgan fingerprint density at radius 3 is 2.67 bits per heavy atom. The minimum atomic E-state index is -2.91. The molecule has 42 heavy (non-hydrogen) atoms. The van der Waals surface area contributed by atoms with Crippen LogP contribution in [0, 0.1) is 19.3 Å². The van der Waals surface area contributed by atoms with Crippen molar-refractivity contribution in [1.29, 1.82) is 0 Å². The van der Waals surface area contributed by atoms with Gasteiger partial charge in [-0.2, -0.15) is 15.3 Å². The zero-order valence-corrected chi connectivity index (χ0v) is 25.1. The van der Waals surface area contributed by atoms with Crippen LogP contribution in [0.15, 0.2) is 42.7 Å². The van der Waals surface area contributed by atoms with Crippen molar-refractivity contribution in [3.63, 3.8) is 0 Å². The molecule has 7 rings (SSSR count). The van der Waals surface area contributed by atoms with Crippen molar-refractivity contribution in [3.05, 3.63) is 59.5 Å². The standard InChI is InChI=1S/C31H36N6O4S/c1-20-15-33-34-21(2)29(20)22(3)41-24-8-9-26-25(14-24)30(35-37(26)28-6-4-5-12-40-28)23-7-10-27(32-16-23)36-17-31(18-36)11-13-42(38,39)19-31/h7-10,14-16,22,28H,4-6,11-13,17-19H2,1-3H3/t22-,28?/m1/s1. The fourth-order valence-corrected chi connectivity index (χ4v) is 9.05. The average molecular weight is 589 g/mol. The van der Waals surface area contributed by atoms with Crippen LogP contribution in [-0.4, -0.2) is 64.6 Å². The molecule has 2 atom stereocenters. The van der Waals surface area contributed by atoms with Gasteiger partial charge in [-0.3, -0.25) is 0 Å². The van der Waals surface area contributed by atoms with Crippen LogP contribution >= 0.6 is 0 Å². The third-order valence-electron chi connectivity index (χ3n) is 8.97. The normalized spacial score (nSPS) is 21.9. The largest absolute Gasteiger partial charge is 0.486 e. The van der Waals surface area contributed by atoms with E-state index in [0.29, 0.717) is 11.5 Å². The molecular weight excluding hydrogens is 552 g/mol. The predicted molar refractivity (Wildman–Crippen MR) is 160 cm³/mol. The average Bonchev–Trinajstić information content (AvgIpc) is 3.50. The highest BCUT2D eigenvalue weighted by Crippen LogP contribution is 2.43. The Morgan fingerprint density at radius 1 is 1.12 bits per heavy atom. The van der Waals surface area contributed by atoms with Crippen LogP contribution < -0.4 is 9.64 Å². The van der Waals surface area contributed by atoms with Crippen molar-refractivity contribution in [2.75, 3.05) is 36.1 Å². The maximum atomic E-state index is 12.0. The number of hydrogen-bond acceptors (Lipinski definition) is 9. The minimum absolute atomic E-state index is 0.106. The number of anilines is 1. The molecule has 1 unspecified atom stereocenters. The summed E-state index contributed by atoms with van der Waals surface area (Å²) in [7, 11) is -2.91. The molecule has 6 heterocycles. The maximum absolute atomic E-state index is 12.0. The summed E-state index contributed by atoms with van der Waals surface area (Å²) in [5.41, 5.74) is 5.58. The molecule has 0 N–H and O–H groups in total. The van der Waals surface area contributed by atoms with Gasteiger partial charge in [0, 0.05) is 47.8 Å². The second kappa shape index (κ2) is 10.3. The summed E-state index contributed by atoms with van der Waals surface area (Å²) in [6, 6.07) is 10.2. The van der Waals surface area contributed by atoms with E-state index in [2.05, 4.69) is 33.3 Å². The minimum Gasteiger partial charge on any atom is -0.486 e. The molecule has 220 valence electrons. The van der Waals surface area contributed by atoms with Gasteiger partial charge in [0.25, 0.3) is 0 Å². The third-order valence-corrected chi connectivity index (χ3v) is 10.8. The van der Waals surface area contributed by atoms with Crippen LogP contribution in [0.2, 0.25) is 0 Å². The fraction of sp³-hybridized carbons (Fsp3) is 0.484. The van der Waals surface area contributed by atoms with Gasteiger partial charge in [0.05, 0.1) is 28.9 Å². The first-order valence-electron chi connectivity index (χ1n) is 14.7. The lowest BCUT2D eigenvalue weighted by atomic mass is 9.79. The summed E-state index contributed by atoms with van der Waals surface area (Å²) >= 11 is 0. The van der Waals surface area contributed by atoms with E-state index >= 15 is 0 Å². The van der Waals surface area contributed by atoms with Crippen LogP contribution in [0.4, 0.5) is 5.82 Å². The Bertz CT molecular complexity index is 1720. The first-order valence-corrected chi connectivity index (χ1v) is 16.5. The van der Waals surface area contributed by atoms with Crippen molar-refractivity contribution in [3.8, 4) is 17.0 Å². The number of fused-ring (bicyclic) bond motifs is 1. The molecule has 3 saturated heterocycles. The molecule has 3 aliphatic rings. The lowest BCUT2D eigenvalue weighted by molar-refractivity contribution is -0.0365. The van der Waals surface area contributed by atoms with Crippen LogP contribution in [0.5, 0.6) is 5.75 Å². The van der Waals surface area contributed by atoms with Crippen molar-refractivity contribution in [2.45, 2.75) is 58.8 Å².